The number of rotatable bonds is 2. The molecule has 1 fully saturated rings. The molecule has 1 amide bonds. The lowest BCUT2D eigenvalue weighted by Gasteiger charge is -2.36. The summed E-state index contributed by atoms with van der Waals surface area (Å²) < 4.78 is 0. The van der Waals surface area contributed by atoms with Crippen LogP contribution in [0.15, 0.2) is 0 Å². The highest BCUT2D eigenvalue weighted by Crippen LogP contribution is 2.29. The van der Waals surface area contributed by atoms with E-state index in [0.29, 0.717) is 11.8 Å². The van der Waals surface area contributed by atoms with Crippen molar-refractivity contribution in [2.45, 2.75) is 27.7 Å². The Labute approximate surface area is 91.4 Å². The molecule has 1 saturated heterocycles. The molecule has 3 heteroatoms. The van der Waals surface area contributed by atoms with Crippen LogP contribution in [0.1, 0.15) is 27.7 Å². The molecule has 0 N–H and O–H groups in total. The lowest BCUT2D eigenvalue weighted by molar-refractivity contribution is -0.142. The Balaban J connectivity index is 2.63. The van der Waals surface area contributed by atoms with Crippen LogP contribution in [0.3, 0.4) is 0 Å². The normalized spacial score (nSPS) is 18.8. The van der Waals surface area contributed by atoms with E-state index < -0.39 is 0 Å². The van der Waals surface area contributed by atoms with Gasteiger partial charge in [0.25, 0.3) is 0 Å². The third-order valence-corrected chi connectivity index (χ3v) is 4.24. The van der Waals surface area contributed by atoms with Gasteiger partial charge in [-0.05, 0) is 5.92 Å². The van der Waals surface area contributed by atoms with Gasteiger partial charge in [-0.3, -0.25) is 4.79 Å². The van der Waals surface area contributed by atoms with E-state index >= 15 is 0 Å². The molecule has 1 aliphatic heterocycles. The first-order valence-corrected chi connectivity index (χ1v) is 6.49. The molecule has 0 aromatic rings. The van der Waals surface area contributed by atoms with Crippen molar-refractivity contribution in [3.05, 3.63) is 0 Å². The van der Waals surface area contributed by atoms with E-state index in [0.717, 1.165) is 24.6 Å². The largest absolute Gasteiger partial charge is 0.341 e. The Kier molecular flexibility index (Phi) is 3.87. The summed E-state index contributed by atoms with van der Waals surface area (Å²) in [5.74, 6) is 2.93. The summed E-state index contributed by atoms with van der Waals surface area (Å²) in [6, 6.07) is 0. The number of amides is 1. The van der Waals surface area contributed by atoms with E-state index in [1.807, 2.05) is 16.7 Å². The maximum absolute atomic E-state index is 12.2. The highest BCUT2D eigenvalue weighted by atomic mass is 32.2. The summed E-state index contributed by atoms with van der Waals surface area (Å²) in [4.78, 5) is 14.2. The lowest BCUT2D eigenvalue weighted by Crippen LogP contribution is -2.46. The molecule has 0 saturated carbocycles. The topological polar surface area (TPSA) is 20.3 Å². The van der Waals surface area contributed by atoms with Gasteiger partial charge in [0.15, 0.2) is 0 Å². The quantitative estimate of drug-likeness (QED) is 0.704. The average molecular weight is 215 g/mol. The van der Waals surface area contributed by atoms with Crippen LogP contribution in [-0.4, -0.2) is 35.4 Å². The summed E-state index contributed by atoms with van der Waals surface area (Å²) >= 11 is 1.94. The van der Waals surface area contributed by atoms with Crippen molar-refractivity contribution in [2.24, 2.45) is 11.3 Å². The van der Waals surface area contributed by atoms with Gasteiger partial charge in [-0.2, -0.15) is 11.8 Å². The minimum atomic E-state index is -0.206. The molecular formula is C11H21NOS. The van der Waals surface area contributed by atoms with E-state index in [2.05, 4.69) is 27.7 Å². The van der Waals surface area contributed by atoms with Crippen LogP contribution in [0.25, 0.3) is 0 Å². The standard InChI is InChI=1S/C11H21NOS/c1-9(2)11(3,4)10(13)12-5-7-14-8-6-12/h9H,5-8H2,1-4H3. The maximum atomic E-state index is 12.2. The van der Waals surface area contributed by atoms with Crippen LogP contribution >= 0.6 is 11.8 Å². The first kappa shape index (κ1) is 11.9. The van der Waals surface area contributed by atoms with Crippen LogP contribution < -0.4 is 0 Å². The van der Waals surface area contributed by atoms with Crippen LogP contribution in [0, 0.1) is 11.3 Å². The molecule has 0 aliphatic carbocycles. The van der Waals surface area contributed by atoms with Crippen molar-refractivity contribution >= 4 is 17.7 Å². The summed E-state index contributed by atoms with van der Waals surface area (Å²) in [5, 5.41) is 0. The first-order valence-electron chi connectivity index (χ1n) is 5.33. The van der Waals surface area contributed by atoms with E-state index in [-0.39, 0.29) is 5.41 Å². The number of thioether (sulfide) groups is 1. The van der Waals surface area contributed by atoms with Gasteiger partial charge in [0.1, 0.15) is 0 Å². The second-order valence-corrected chi connectivity index (χ2v) is 6.01. The molecular weight excluding hydrogens is 194 g/mol. The van der Waals surface area contributed by atoms with Crippen LogP contribution in [0.5, 0.6) is 0 Å². The molecule has 1 rings (SSSR count). The molecule has 0 aromatic carbocycles. The number of carbonyl (C=O) groups is 1. The predicted molar refractivity (Wildman–Crippen MR) is 62.5 cm³/mol. The fraction of sp³-hybridized carbons (Fsp3) is 0.909. The molecule has 1 aliphatic rings. The van der Waals surface area contributed by atoms with Gasteiger partial charge in [-0.1, -0.05) is 27.7 Å². The highest BCUT2D eigenvalue weighted by Gasteiger charge is 2.35. The van der Waals surface area contributed by atoms with Crippen molar-refractivity contribution in [2.75, 3.05) is 24.6 Å². The molecule has 0 bridgehead atoms. The second kappa shape index (κ2) is 4.56. The fourth-order valence-corrected chi connectivity index (χ4v) is 2.32. The zero-order valence-electron chi connectivity index (χ0n) is 9.67. The zero-order chi connectivity index (χ0) is 10.8. The van der Waals surface area contributed by atoms with Crippen LogP contribution in [0.2, 0.25) is 0 Å². The molecule has 14 heavy (non-hydrogen) atoms. The van der Waals surface area contributed by atoms with E-state index in [1.54, 1.807) is 0 Å². The third-order valence-electron chi connectivity index (χ3n) is 3.29. The number of carbonyl (C=O) groups excluding carboxylic acids is 1. The number of hydrogen-bond donors (Lipinski definition) is 0. The molecule has 82 valence electrons. The summed E-state index contributed by atoms with van der Waals surface area (Å²) in [6.07, 6.45) is 0. The Morgan fingerprint density at radius 3 is 2.21 bits per heavy atom. The number of hydrogen-bond acceptors (Lipinski definition) is 2. The molecule has 0 unspecified atom stereocenters. The van der Waals surface area contributed by atoms with Crippen molar-refractivity contribution in [3.63, 3.8) is 0 Å². The van der Waals surface area contributed by atoms with E-state index in [1.165, 1.54) is 0 Å². The smallest absolute Gasteiger partial charge is 0.228 e. The second-order valence-electron chi connectivity index (χ2n) is 4.78. The summed E-state index contributed by atoms with van der Waals surface area (Å²) in [6.45, 7) is 10.2. The molecule has 0 radical (unpaired) electrons. The molecule has 0 spiro atoms. The lowest BCUT2D eigenvalue weighted by atomic mass is 9.80. The summed E-state index contributed by atoms with van der Waals surface area (Å²) in [5.41, 5.74) is -0.206. The van der Waals surface area contributed by atoms with Gasteiger partial charge >= 0.3 is 0 Å². The van der Waals surface area contributed by atoms with Crippen LogP contribution in [-0.2, 0) is 4.79 Å². The number of nitrogens with zero attached hydrogens (tertiary/aromatic N) is 1. The monoisotopic (exact) mass is 215 g/mol. The van der Waals surface area contributed by atoms with Gasteiger partial charge in [0.05, 0.1) is 0 Å². The Bertz CT molecular complexity index is 207. The Morgan fingerprint density at radius 2 is 1.79 bits per heavy atom. The highest BCUT2D eigenvalue weighted by molar-refractivity contribution is 7.99. The molecule has 0 atom stereocenters. The van der Waals surface area contributed by atoms with Crippen molar-refractivity contribution in [3.8, 4) is 0 Å². The average Bonchev–Trinajstić information content (AvgIpc) is 2.17. The molecule has 0 aromatic heterocycles. The van der Waals surface area contributed by atoms with E-state index in [9.17, 15) is 4.79 Å². The molecule has 2 nitrogen and oxygen atoms in total. The van der Waals surface area contributed by atoms with Gasteiger partial charge in [-0.25, -0.2) is 0 Å². The third kappa shape index (κ3) is 2.44. The van der Waals surface area contributed by atoms with E-state index in [4.69, 9.17) is 0 Å². The molecule has 1 heterocycles. The SMILES string of the molecule is CC(C)C(C)(C)C(=O)N1CCSCC1. The van der Waals surface area contributed by atoms with Crippen molar-refractivity contribution < 1.29 is 4.79 Å². The predicted octanol–water partition coefficient (Wildman–Crippen LogP) is 2.24. The van der Waals surface area contributed by atoms with Crippen LogP contribution in [0.4, 0.5) is 0 Å². The zero-order valence-corrected chi connectivity index (χ0v) is 10.5. The van der Waals surface area contributed by atoms with Gasteiger partial charge in [-0.15, -0.1) is 0 Å². The van der Waals surface area contributed by atoms with Crippen molar-refractivity contribution in [1.82, 2.24) is 4.90 Å². The Morgan fingerprint density at radius 1 is 1.29 bits per heavy atom. The minimum absolute atomic E-state index is 0.206. The summed E-state index contributed by atoms with van der Waals surface area (Å²) in [7, 11) is 0. The van der Waals surface area contributed by atoms with Gasteiger partial charge in [0.2, 0.25) is 5.91 Å². The van der Waals surface area contributed by atoms with Gasteiger partial charge < -0.3 is 4.90 Å². The minimum Gasteiger partial charge on any atom is -0.341 e. The van der Waals surface area contributed by atoms with Gasteiger partial charge in [0, 0.05) is 30.0 Å². The Hall–Kier alpha value is -0.180. The van der Waals surface area contributed by atoms with Crippen molar-refractivity contribution in [1.29, 1.82) is 0 Å². The first-order chi connectivity index (χ1) is 6.46. The maximum Gasteiger partial charge on any atom is 0.228 e. The fourth-order valence-electron chi connectivity index (χ4n) is 1.42.